The van der Waals surface area contributed by atoms with Gasteiger partial charge in [0.2, 0.25) is 5.89 Å². The summed E-state index contributed by atoms with van der Waals surface area (Å²) in [5.74, 6) is 0.847. The van der Waals surface area contributed by atoms with Gasteiger partial charge in [-0.25, -0.2) is 4.98 Å². The number of nitrogens with zero attached hydrogens (tertiary/aromatic N) is 1. The smallest absolute Gasteiger partial charge is 0.256 e. The fourth-order valence-electron chi connectivity index (χ4n) is 3.26. The highest BCUT2D eigenvalue weighted by Gasteiger charge is 2.15. The Bertz CT molecular complexity index is 1290. The number of nitrogens with one attached hydrogen (secondary N) is 1. The molecule has 0 aliphatic carbocycles. The molecule has 0 bridgehead atoms. The Labute approximate surface area is 216 Å². The molecule has 0 spiro atoms. The second-order valence-electron chi connectivity index (χ2n) is 7.34. The maximum absolute atomic E-state index is 12.9. The van der Waals surface area contributed by atoms with Crippen LogP contribution in [0, 0.1) is 7.14 Å². The number of halogens is 3. The summed E-state index contributed by atoms with van der Waals surface area (Å²) >= 11 is 7.95. The van der Waals surface area contributed by atoms with Crippen LogP contribution in [0.15, 0.2) is 63.5 Å². The lowest BCUT2D eigenvalue weighted by atomic mass is 9.98. The van der Waals surface area contributed by atoms with Crippen LogP contribution in [-0.4, -0.2) is 10.9 Å². The molecule has 0 saturated heterocycles. The molecule has 4 nitrogen and oxygen atoms in total. The van der Waals surface area contributed by atoms with Gasteiger partial charge in [-0.2, -0.15) is 0 Å². The highest BCUT2D eigenvalue weighted by molar-refractivity contribution is 14.1. The summed E-state index contributed by atoms with van der Waals surface area (Å²) in [5.41, 5.74) is 4.96. The monoisotopic (exact) mass is 700 g/mol. The van der Waals surface area contributed by atoms with E-state index < -0.39 is 0 Å². The zero-order valence-electron chi connectivity index (χ0n) is 16.9. The molecular weight excluding hydrogens is 682 g/mol. The van der Waals surface area contributed by atoms with E-state index in [0.29, 0.717) is 23.1 Å². The van der Waals surface area contributed by atoms with Crippen molar-refractivity contribution in [1.29, 1.82) is 0 Å². The van der Waals surface area contributed by atoms with Crippen molar-refractivity contribution in [2.45, 2.75) is 26.2 Å². The van der Waals surface area contributed by atoms with E-state index in [1.807, 2.05) is 42.5 Å². The van der Waals surface area contributed by atoms with Crippen LogP contribution in [0.5, 0.6) is 0 Å². The van der Waals surface area contributed by atoms with E-state index in [0.717, 1.165) is 34.7 Å². The summed E-state index contributed by atoms with van der Waals surface area (Å²) < 4.78 is 8.77. The molecule has 1 heterocycles. The first-order valence-corrected chi connectivity index (χ1v) is 12.8. The number of hydrogen-bond acceptors (Lipinski definition) is 3. The fourth-order valence-corrected chi connectivity index (χ4v) is 5.51. The number of hydrogen-bond donors (Lipinski definition) is 1. The molecule has 0 unspecified atom stereocenters. The lowest BCUT2D eigenvalue weighted by molar-refractivity contribution is 0.102. The molecule has 4 aromatic rings. The van der Waals surface area contributed by atoms with Gasteiger partial charge in [0, 0.05) is 22.9 Å². The lowest BCUT2D eigenvalue weighted by Gasteiger charge is -2.09. The minimum absolute atomic E-state index is 0.170. The van der Waals surface area contributed by atoms with E-state index in [-0.39, 0.29) is 5.91 Å². The van der Waals surface area contributed by atoms with Gasteiger partial charge < -0.3 is 9.73 Å². The topological polar surface area (TPSA) is 55.1 Å². The van der Waals surface area contributed by atoms with Crippen LogP contribution in [0.25, 0.3) is 22.6 Å². The first-order chi connectivity index (χ1) is 14.9. The number of anilines is 1. The highest BCUT2D eigenvalue weighted by atomic mass is 127. The van der Waals surface area contributed by atoms with Crippen molar-refractivity contribution < 1.29 is 9.21 Å². The molecule has 0 fully saturated rings. The quantitative estimate of drug-likeness (QED) is 0.169. The van der Waals surface area contributed by atoms with Crippen LogP contribution in [0.3, 0.4) is 0 Å². The molecule has 1 aromatic heterocycles. The summed E-state index contributed by atoms with van der Waals surface area (Å²) in [6.07, 6.45) is 1.08. The van der Waals surface area contributed by atoms with Crippen molar-refractivity contribution in [1.82, 2.24) is 4.98 Å². The van der Waals surface area contributed by atoms with Gasteiger partial charge in [0.15, 0.2) is 5.58 Å². The summed E-state index contributed by atoms with van der Waals surface area (Å²) in [6, 6.07) is 17.6. The predicted octanol–water partition coefficient (Wildman–Crippen LogP) is 8.23. The number of carbonyl (C=O) groups is 1. The van der Waals surface area contributed by atoms with E-state index in [2.05, 4.69) is 97.4 Å². The van der Waals surface area contributed by atoms with Gasteiger partial charge in [0.05, 0.1) is 5.56 Å². The maximum Gasteiger partial charge on any atom is 0.256 e. The van der Waals surface area contributed by atoms with Gasteiger partial charge in [-0.05, 0) is 121 Å². The molecule has 1 atom stereocenters. The van der Waals surface area contributed by atoms with Crippen molar-refractivity contribution in [2.24, 2.45) is 0 Å². The van der Waals surface area contributed by atoms with Crippen molar-refractivity contribution >= 4 is 83.8 Å². The number of rotatable bonds is 5. The average molecular weight is 701 g/mol. The number of fused-ring (bicyclic) bond motifs is 1. The summed E-state index contributed by atoms with van der Waals surface area (Å²) in [5, 5.41) is 2.98. The van der Waals surface area contributed by atoms with Gasteiger partial charge in [-0.15, -0.1) is 0 Å². The Kier molecular flexibility index (Phi) is 7.02. The molecule has 31 heavy (non-hydrogen) atoms. The average Bonchev–Trinajstić information content (AvgIpc) is 3.19. The Morgan fingerprint density at radius 2 is 1.97 bits per heavy atom. The minimum atomic E-state index is -0.170. The lowest BCUT2D eigenvalue weighted by Crippen LogP contribution is -2.13. The Morgan fingerprint density at radius 3 is 2.74 bits per heavy atom. The molecule has 1 amide bonds. The standard InChI is InChI=1S/C24H19BrI2N2O2/c1-3-13(2)14-7-8-21-20(10-14)29-24(31-21)15-5-4-6-17(9-15)28-23(30)18-11-16(26)12-19(27)22(18)25/h4-13H,3H2,1-2H3,(H,28,30)/t13-/m1/s1. The second kappa shape index (κ2) is 9.58. The third-order valence-corrected chi connectivity index (χ3v) is 8.27. The van der Waals surface area contributed by atoms with Crippen molar-refractivity contribution in [3.05, 3.63) is 77.3 Å². The normalized spacial score (nSPS) is 12.2. The third kappa shape index (κ3) is 4.98. The molecule has 0 saturated carbocycles. The molecule has 7 heteroatoms. The van der Waals surface area contributed by atoms with E-state index in [4.69, 9.17) is 4.42 Å². The largest absolute Gasteiger partial charge is 0.436 e. The van der Waals surface area contributed by atoms with Gasteiger partial charge in [-0.1, -0.05) is 26.0 Å². The molecule has 158 valence electrons. The van der Waals surface area contributed by atoms with Gasteiger partial charge in [0.25, 0.3) is 5.91 Å². The number of oxazole rings is 1. The van der Waals surface area contributed by atoms with Gasteiger partial charge in [0.1, 0.15) is 5.52 Å². The van der Waals surface area contributed by atoms with Crippen LogP contribution in [0.4, 0.5) is 5.69 Å². The first-order valence-electron chi connectivity index (χ1n) is 9.82. The molecule has 0 aliphatic heterocycles. The maximum atomic E-state index is 12.9. The van der Waals surface area contributed by atoms with Crippen LogP contribution >= 0.6 is 61.1 Å². The number of benzene rings is 3. The highest BCUT2D eigenvalue weighted by Crippen LogP contribution is 2.30. The molecule has 1 N–H and O–H groups in total. The van der Waals surface area contributed by atoms with E-state index >= 15 is 0 Å². The fraction of sp³-hybridized carbons (Fsp3) is 0.167. The Balaban J connectivity index is 1.62. The molecule has 0 aliphatic rings. The van der Waals surface area contributed by atoms with Crippen molar-refractivity contribution in [3.8, 4) is 11.5 Å². The predicted molar refractivity (Wildman–Crippen MR) is 146 cm³/mol. The molecule has 4 rings (SSSR count). The second-order valence-corrected chi connectivity index (χ2v) is 10.5. The summed E-state index contributed by atoms with van der Waals surface area (Å²) in [6.45, 7) is 4.39. The van der Waals surface area contributed by atoms with Crippen LogP contribution in [0.2, 0.25) is 0 Å². The van der Waals surface area contributed by atoms with E-state index in [1.165, 1.54) is 5.56 Å². The molecular formula is C24H19BrI2N2O2. The zero-order valence-corrected chi connectivity index (χ0v) is 22.8. The summed E-state index contributed by atoms with van der Waals surface area (Å²) in [7, 11) is 0. The number of aromatic nitrogens is 1. The van der Waals surface area contributed by atoms with Crippen LogP contribution < -0.4 is 5.32 Å². The number of carbonyl (C=O) groups excluding carboxylic acids is 1. The minimum Gasteiger partial charge on any atom is -0.436 e. The van der Waals surface area contributed by atoms with E-state index in [1.54, 1.807) is 0 Å². The van der Waals surface area contributed by atoms with Crippen molar-refractivity contribution in [2.75, 3.05) is 5.32 Å². The van der Waals surface area contributed by atoms with Gasteiger partial charge in [-0.3, -0.25) is 4.79 Å². The Morgan fingerprint density at radius 1 is 1.16 bits per heavy atom. The van der Waals surface area contributed by atoms with E-state index in [9.17, 15) is 4.79 Å². The first kappa shape index (κ1) is 22.7. The number of amides is 1. The molecule has 0 radical (unpaired) electrons. The van der Waals surface area contributed by atoms with Crippen LogP contribution in [0.1, 0.15) is 42.1 Å². The molecule has 3 aromatic carbocycles. The van der Waals surface area contributed by atoms with Crippen molar-refractivity contribution in [3.63, 3.8) is 0 Å². The third-order valence-electron chi connectivity index (χ3n) is 5.20. The van der Waals surface area contributed by atoms with Crippen LogP contribution in [-0.2, 0) is 0 Å². The SMILES string of the molecule is CC[C@@H](C)c1ccc2oc(-c3cccc(NC(=O)c4cc(I)cc(I)c4Br)c3)nc2c1. The summed E-state index contributed by atoms with van der Waals surface area (Å²) in [4.78, 5) is 17.6. The Hall–Kier alpha value is -1.46. The zero-order chi connectivity index (χ0) is 22.1. The van der Waals surface area contributed by atoms with Gasteiger partial charge >= 0.3 is 0 Å².